The molecule has 1 aliphatic heterocycles. The molecule has 0 saturated heterocycles. The lowest BCUT2D eigenvalue weighted by molar-refractivity contribution is -0.131. The van der Waals surface area contributed by atoms with E-state index in [4.69, 9.17) is 23.7 Å². The highest BCUT2D eigenvalue weighted by Gasteiger charge is 2.31. The number of hydrogen-bond acceptors (Lipinski definition) is 7. The van der Waals surface area contributed by atoms with Gasteiger partial charge in [-0.25, -0.2) is 4.79 Å². The van der Waals surface area contributed by atoms with Crippen molar-refractivity contribution in [2.24, 2.45) is 0 Å². The molecule has 0 atom stereocenters. The van der Waals surface area contributed by atoms with Gasteiger partial charge in [-0.1, -0.05) is 12.1 Å². The van der Waals surface area contributed by atoms with Gasteiger partial charge < -0.3 is 28.8 Å². The van der Waals surface area contributed by atoms with Gasteiger partial charge in [0.05, 0.1) is 28.4 Å². The minimum Gasteiger partial charge on any atom is -0.504 e. The molecule has 1 heterocycles. The zero-order chi connectivity index (χ0) is 20.3. The molecule has 0 bridgehead atoms. The van der Waals surface area contributed by atoms with Crippen LogP contribution in [0.3, 0.4) is 0 Å². The maximum atomic E-state index is 12.3. The summed E-state index contributed by atoms with van der Waals surface area (Å²) >= 11 is 0. The van der Waals surface area contributed by atoms with E-state index in [9.17, 15) is 9.90 Å². The van der Waals surface area contributed by atoms with Crippen molar-refractivity contribution in [3.05, 3.63) is 59.0 Å². The molecule has 0 aliphatic carbocycles. The number of rotatable bonds is 6. The number of carbonyl (C=O) groups is 1. The average Bonchev–Trinajstić information content (AvgIpc) is 3.00. The zero-order valence-corrected chi connectivity index (χ0v) is 15.9. The van der Waals surface area contributed by atoms with Gasteiger partial charge in [0.1, 0.15) is 11.3 Å². The summed E-state index contributed by atoms with van der Waals surface area (Å²) in [5, 5.41) is 10.6. The monoisotopic (exact) mass is 384 g/mol. The second kappa shape index (κ2) is 7.96. The molecule has 7 nitrogen and oxygen atoms in total. The van der Waals surface area contributed by atoms with E-state index in [1.54, 1.807) is 43.5 Å². The number of cyclic esters (lactones) is 1. The van der Waals surface area contributed by atoms with E-state index >= 15 is 0 Å². The molecule has 146 valence electrons. The summed E-state index contributed by atoms with van der Waals surface area (Å²) in [7, 11) is 6.06. The van der Waals surface area contributed by atoms with E-state index in [1.165, 1.54) is 27.4 Å². The summed E-state index contributed by atoms with van der Waals surface area (Å²) in [6.07, 6.45) is 1.52. The zero-order valence-electron chi connectivity index (χ0n) is 15.9. The Hall–Kier alpha value is -3.61. The molecule has 1 aliphatic rings. The van der Waals surface area contributed by atoms with Gasteiger partial charge in [-0.05, 0) is 41.5 Å². The Labute approximate surface area is 162 Å². The Bertz CT molecular complexity index is 930. The van der Waals surface area contributed by atoms with E-state index in [1.807, 2.05) is 0 Å². The summed E-state index contributed by atoms with van der Waals surface area (Å²) < 4.78 is 26.3. The van der Waals surface area contributed by atoms with Crippen LogP contribution in [0.5, 0.6) is 23.0 Å². The van der Waals surface area contributed by atoms with Gasteiger partial charge >= 0.3 is 5.97 Å². The van der Waals surface area contributed by atoms with Crippen molar-refractivity contribution >= 4 is 17.6 Å². The molecule has 2 aromatic rings. The molecule has 0 unspecified atom stereocenters. The lowest BCUT2D eigenvalue weighted by Crippen LogP contribution is -1.98. The van der Waals surface area contributed by atoms with Gasteiger partial charge in [-0.3, -0.25) is 0 Å². The topological polar surface area (TPSA) is 83.5 Å². The van der Waals surface area contributed by atoms with Crippen molar-refractivity contribution in [1.29, 1.82) is 0 Å². The van der Waals surface area contributed by atoms with Gasteiger partial charge in [-0.2, -0.15) is 0 Å². The fourth-order valence-electron chi connectivity index (χ4n) is 2.87. The maximum absolute atomic E-state index is 12.3. The van der Waals surface area contributed by atoms with E-state index < -0.39 is 5.97 Å². The fourth-order valence-corrected chi connectivity index (χ4v) is 2.87. The Morgan fingerprint density at radius 1 is 0.893 bits per heavy atom. The number of esters is 1. The molecule has 0 amide bonds. The first kappa shape index (κ1) is 19.2. The predicted octanol–water partition coefficient (Wildman–Crippen LogP) is 3.59. The third-order valence-electron chi connectivity index (χ3n) is 4.24. The van der Waals surface area contributed by atoms with Crippen LogP contribution in [-0.2, 0) is 9.53 Å². The minimum absolute atomic E-state index is 0.0325. The maximum Gasteiger partial charge on any atom is 0.348 e. The van der Waals surface area contributed by atoms with Crippen molar-refractivity contribution in [1.82, 2.24) is 0 Å². The van der Waals surface area contributed by atoms with Crippen LogP contribution < -0.4 is 18.9 Å². The largest absolute Gasteiger partial charge is 0.504 e. The fraction of sp³-hybridized carbons (Fsp3) is 0.190. The van der Waals surface area contributed by atoms with Crippen LogP contribution in [0.1, 0.15) is 11.1 Å². The van der Waals surface area contributed by atoms with Crippen LogP contribution >= 0.6 is 0 Å². The van der Waals surface area contributed by atoms with Gasteiger partial charge in [0.2, 0.25) is 5.75 Å². The Kier molecular flexibility index (Phi) is 5.44. The lowest BCUT2D eigenvalue weighted by atomic mass is 10.0. The second-order valence-electron chi connectivity index (χ2n) is 5.81. The summed E-state index contributed by atoms with van der Waals surface area (Å²) in [6.45, 7) is 0. The second-order valence-corrected chi connectivity index (χ2v) is 5.81. The minimum atomic E-state index is -0.638. The summed E-state index contributed by atoms with van der Waals surface area (Å²) in [4.78, 5) is 12.3. The van der Waals surface area contributed by atoms with Crippen LogP contribution in [0.15, 0.2) is 47.9 Å². The summed E-state index contributed by atoms with van der Waals surface area (Å²) in [5.74, 6) is 1.11. The Morgan fingerprint density at radius 3 is 2.00 bits per heavy atom. The van der Waals surface area contributed by atoms with Crippen molar-refractivity contribution in [3.8, 4) is 23.0 Å². The van der Waals surface area contributed by atoms with E-state index in [0.717, 1.165) is 0 Å². The first-order chi connectivity index (χ1) is 13.5. The van der Waals surface area contributed by atoms with E-state index in [-0.39, 0.29) is 17.1 Å². The Morgan fingerprint density at radius 2 is 1.50 bits per heavy atom. The number of carbonyl (C=O) groups excluding carboxylic acids is 1. The molecule has 28 heavy (non-hydrogen) atoms. The highest BCUT2D eigenvalue weighted by molar-refractivity contribution is 6.20. The highest BCUT2D eigenvalue weighted by atomic mass is 16.6. The molecule has 1 N–H and O–H groups in total. The smallest absolute Gasteiger partial charge is 0.348 e. The molecule has 0 aromatic heterocycles. The normalized spacial score (nSPS) is 14.9. The van der Waals surface area contributed by atoms with E-state index in [0.29, 0.717) is 34.1 Å². The lowest BCUT2D eigenvalue weighted by Gasteiger charge is -2.13. The first-order valence-corrected chi connectivity index (χ1v) is 8.34. The molecule has 0 fully saturated rings. The van der Waals surface area contributed by atoms with Gasteiger partial charge in [0, 0.05) is 0 Å². The summed E-state index contributed by atoms with van der Waals surface area (Å²) in [6, 6.07) is 10.1. The standard InChI is InChI=1S/C21H20O7/c1-24-14-7-5-13(6-8-14)18-19(22)15(28-21(18)23)9-12-10-16(25-2)20(27-4)17(11-12)26-3/h5-11,22H,1-4H3/b15-9-. The highest BCUT2D eigenvalue weighted by Crippen LogP contribution is 2.40. The van der Waals surface area contributed by atoms with Crippen molar-refractivity contribution in [2.45, 2.75) is 0 Å². The number of benzene rings is 2. The van der Waals surface area contributed by atoms with Crippen LogP contribution in [-0.4, -0.2) is 39.5 Å². The quantitative estimate of drug-likeness (QED) is 0.762. The number of ether oxygens (including phenoxy) is 5. The SMILES string of the molecule is COc1ccc(C2=C(O)/C(=C/c3cc(OC)c(OC)c(OC)c3)OC2=O)cc1. The van der Waals surface area contributed by atoms with Crippen LogP contribution in [0.25, 0.3) is 11.6 Å². The van der Waals surface area contributed by atoms with Gasteiger partial charge in [0.15, 0.2) is 23.0 Å². The summed E-state index contributed by atoms with van der Waals surface area (Å²) in [5.41, 5.74) is 1.21. The van der Waals surface area contributed by atoms with Crippen LogP contribution in [0.4, 0.5) is 0 Å². The van der Waals surface area contributed by atoms with Gasteiger partial charge in [-0.15, -0.1) is 0 Å². The molecule has 3 rings (SSSR count). The van der Waals surface area contributed by atoms with Gasteiger partial charge in [0.25, 0.3) is 0 Å². The number of methoxy groups -OCH3 is 4. The predicted molar refractivity (Wildman–Crippen MR) is 103 cm³/mol. The number of aliphatic hydroxyl groups is 1. The van der Waals surface area contributed by atoms with Crippen LogP contribution in [0.2, 0.25) is 0 Å². The molecule has 2 aromatic carbocycles. The first-order valence-electron chi connectivity index (χ1n) is 8.34. The Balaban J connectivity index is 2.03. The van der Waals surface area contributed by atoms with Crippen LogP contribution in [0, 0.1) is 0 Å². The molecular weight excluding hydrogens is 364 g/mol. The number of hydrogen-bond donors (Lipinski definition) is 1. The molecular formula is C21H20O7. The van der Waals surface area contributed by atoms with E-state index in [2.05, 4.69) is 0 Å². The van der Waals surface area contributed by atoms with Crippen molar-refractivity contribution in [2.75, 3.05) is 28.4 Å². The van der Waals surface area contributed by atoms with Crippen molar-refractivity contribution in [3.63, 3.8) is 0 Å². The molecule has 0 saturated carbocycles. The molecule has 0 spiro atoms. The average molecular weight is 384 g/mol. The third-order valence-corrected chi connectivity index (χ3v) is 4.24. The van der Waals surface area contributed by atoms with Crippen molar-refractivity contribution < 1.29 is 33.6 Å². The number of aliphatic hydroxyl groups excluding tert-OH is 1. The molecule has 0 radical (unpaired) electrons. The third kappa shape index (κ3) is 3.46. The molecule has 7 heteroatoms.